The predicted octanol–water partition coefficient (Wildman–Crippen LogP) is 2.96. The Labute approximate surface area is 115 Å². The topological polar surface area (TPSA) is 46.5 Å². The molecule has 1 aromatic carbocycles. The maximum atomic E-state index is 12.0. The van der Waals surface area contributed by atoms with E-state index in [2.05, 4.69) is 0 Å². The molecule has 1 aromatic rings. The summed E-state index contributed by atoms with van der Waals surface area (Å²) in [7, 11) is 0. The zero-order valence-corrected chi connectivity index (χ0v) is 12.1. The van der Waals surface area contributed by atoms with Crippen molar-refractivity contribution in [1.82, 2.24) is 0 Å². The van der Waals surface area contributed by atoms with Crippen LogP contribution in [0.5, 0.6) is 0 Å². The number of esters is 1. The van der Waals surface area contributed by atoms with E-state index >= 15 is 0 Å². The number of carbonyl (C=O) groups excluding carboxylic acids is 1. The second-order valence-corrected chi connectivity index (χ2v) is 4.83. The van der Waals surface area contributed by atoms with Gasteiger partial charge in [-0.2, -0.15) is 0 Å². The predicted molar refractivity (Wildman–Crippen MR) is 75.8 cm³/mol. The Morgan fingerprint density at radius 1 is 1.26 bits per heavy atom. The van der Waals surface area contributed by atoms with Crippen molar-refractivity contribution in [3.05, 3.63) is 35.9 Å². The first-order valence-electron chi connectivity index (χ1n) is 7.00. The summed E-state index contributed by atoms with van der Waals surface area (Å²) in [5, 5.41) is 10.8. The van der Waals surface area contributed by atoms with E-state index in [0.29, 0.717) is 25.9 Å². The van der Waals surface area contributed by atoms with Crippen LogP contribution in [-0.2, 0) is 16.0 Å². The van der Waals surface area contributed by atoms with E-state index in [9.17, 15) is 9.90 Å². The summed E-state index contributed by atoms with van der Waals surface area (Å²) in [6, 6.07) is 9.77. The Morgan fingerprint density at radius 2 is 1.89 bits per heavy atom. The van der Waals surface area contributed by atoms with Crippen LogP contribution in [-0.4, -0.2) is 23.3 Å². The van der Waals surface area contributed by atoms with Gasteiger partial charge in [-0.1, -0.05) is 44.2 Å². The summed E-state index contributed by atoms with van der Waals surface area (Å²) in [4.78, 5) is 12.0. The molecule has 0 aliphatic rings. The summed E-state index contributed by atoms with van der Waals surface area (Å²) >= 11 is 0. The number of carbonyl (C=O) groups is 1. The molecule has 0 saturated heterocycles. The van der Waals surface area contributed by atoms with Crippen LogP contribution in [0, 0.1) is 5.92 Å². The van der Waals surface area contributed by atoms with Crippen LogP contribution in [0.4, 0.5) is 0 Å². The van der Waals surface area contributed by atoms with Gasteiger partial charge in [-0.05, 0) is 25.3 Å². The van der Waals surface area contributed by atoms with Gasteiger partial charge in [0.2, 0.25) is 0 Å². The highest BCUT2D eigenvalue weighted by Gasteiger charge is 2.39. The molecular formula is C16H24O3. The largest absolute Gasteiger partial charge is 0.466 e. The first kappa shape index (κ1) is 15.7. The zero-order valence-electron chi connectivity index (χ0n) is 12.1. The summed E-state index contributed by atoms with van der Waals surface area (Å²) < 4.78 is 5.08. The number of hydrogen-bond acceptors (Lipinski definition) is 3. The van der Waals surface area contributed by atoms with Gasteiger partial charge < -0.3 is 9.84 Å². The number of aliphatic hydroxyl groups is 1. The molecule has 0 aromatic heterocycles. The molecule has 1 N–H and O–H groups in total. The lowest BCUT2D eigenvalue weighted by Gasteiger charge is -2.33. The van der Waals surface area contributed by atoms with Crippen molar-refractivity contribution in [2.45, 2.75) is 45.6 Å². The quantitative estimate of drug-likeness (QED) is 0.770. The van der Waals surface area contributed by atoms with E-state index in [1.165, 1.54) is 0 Å². The van der Waals surface area contributed by atoms with E-state index in [4.69, 9.17) is 4.74 Å². The van der Waals surface area contributed by atoms with Crippen molar-refractivity contribution in [3.63, 3.8) is 0 Å². The third-order valence-corrected chi connectivity index (χ3v) is 3.59. The second-order valence-electron chi connectivity index (χ2n) is 4.83. The van der Waals surface area contributed by atoms with E-state index in [0.717, 1.165) is 5.56 Å². The average molecular weight is 264 g/mol. The molecule has 0 saturated carbocycles. The molecule has 0 aliphatic heterocycles. The fourth-order valence-corrected chi connectivity index (χ4v) is 2.45. The summed E-state index contributed by atoms with van der Waals surface area (Å²) in [6.07, 6.45) is 1.58. The third kappa shape index (κ3) is 4.06. The fraction of sp³-hybridized carbons (Fsp3) is 0.562. The van der Waals surface area contributed by atoms with Crippen LogP contribution in [0.15, 0.2) is 30.3 Å². The summed E-state index contributed by atoms with van der Waals surface area (Å²) in [6.45, 7) is 5.95. The molecule has 1 rings (SSSR count). The molecule has 0 heterocycles. The van der Waals surface area contributed by atoms with E-state index in [-0.39, 0.29) is 5.97 Å². The third-order valence-electron chi connectivity index (χ3n) is 3.59. The molecule has 2 atom stereocenters. The van der Waals surface area contributed by atoms with Crippen molar-refractivity contribution in [2.75, 3.05) is 6.61 Å². The molecule has 2 unspecified atom stereocenters. The van der Waals surface area contributed by atoms with Crippen LogP contribution in [0.1, 0.15) is 39.2 Å². The lowest BCUT2D eigenvalue weighted by atomic mass is 9.78. The molecule has 0 amide bonds. The van der Waals surface area contributed by atoms with E-state index < -0.39 is 11.5 Å². The summed E-state index contributed by atoms with van der Waals surface area (Å²) in [5.74, 6) is -0.775. The Morgan fingerprint density at radius 3 is 2.37 bits per heavy atom. The van der Waals surface area contributed by atoms with Crippen molar-refractivity contribution in [3.8, 4) is 0 Å². The SMILES string of the molecule is CCOC(=O)C(CC)C(O)(CC)Cc1ccccc1. The highest BCUT2D eigenvalue weighted by atomic mass is 16.5. The molecule has 3 nitrogen and oxygen atoms in total. The first-order valence-corrected chi connectivity index (χ1v) is 7.00. The van der Waals surface area contributed by atoms with Crippen LogP contribution in [0.3, 0.4) is 0 Å². The van der Waals surface area contributed by atoms with Gasteiger partial charge in [0.25, 0.3) is 0 Å². The molecule has 3 heteroatoms. The highest BCUT2D eigenvalue weighted by molar-refractivity contribution is 5.74. The maximum Gasteiger partial charge on any atom is 0.311 e. The van der Waals surface area contributed by atoms with Gasteiger partial charge in [0, 0.05) is 6.42 Å². The lowest BCUT2D eigenvalue weighted by Crippen LogP contribution is -2.44. The van der Waals surface area contributed by atoms with E-state index in [1.807, 2.05) is 44.2 Å². The molecular weight excluding hydrogens is 240 g/mol. The van der Waals surface area contributed by atoms with Gasteiger partial charge in [-0.15, -0.1) is 0 Å². The second kappa shape index (κ2) is 7.29. The van der Waals surface area contributed by atoms with Gasteiger partial charge in [0.15, 0.2) is 0 Å². The smallest absolute Gasteiger partial charge is 0.311 e. The molecule has 0 aliphatic carbocycles. The Bertz CT molecular complexity index is 388. The summed E-state index contributed by atoms with van der Waals surface area (Å²) in [5.41, 5.74) is -0.00266. The van der Waals surface area contributed by atoms with Crippen LogP contribution >= 0.6 is 0 Å². The van der Waals surface area contributed by atoms with Crippen molar-refractivity contribution in [1.29, 1.82) is 0 Å². The molecule has 0 bridgehead atoms. The van der Waals surface area contributed by atoms with Gasteiger partial charge >= 0.3 is 5.97 Å². The van der Waals surface area contributed by atoms with E-state index in [1.54, 1.807) is 6.92 Å². The minimum atomic E-state index is -1.04. The van der Waals surface area contributed by atoms with Gasteiger partial charge in [0.05, 0.1) is 18.1 Å². The highest BCUT2D eigenvalue weighted by Crippen LogP contribution is 2.29. The molecule has 0 spiro atoms. The average Bonchev–Trinajstić information content (AvgIpc) is 2.41. The standard InChI is InChI=1S/C16H24O3/c1-4-14(15(17)19-6-3)16(18,5-2)12-13-10-8-7-9-11-13/h7-11,14,18H,4-6,12H2,1-3H3. The minimum Gasteiger partial charge on any atom is -0.466 e. The normalized spacial score (nSPS) is 15.6. The van der Waals surface area contributed by atoms with Crippen LogP contribution in [0.2, 0.25) is 0 Å². The molecule has 0 fully saturated rings. The van der Waals surface area contributed by atoms with Gasteiger partial charge in [-0.3, -0.25) is 4.79 Å². The van der Waals surface area contributed by atoms with Crippen molar-refractivity contribution < 1.29 is 14.6 Å². The first-order chi connectivity index (χ1) is 9.07. The Balaban J connectivity index is 2.90. The molecule has 0 radical (unpaired) electrons. The Hall–Kier alpha value is -1.35. The van der Waals surface area contributed by atoms with Gasteiger partial charge in [-0.25, -0.2) is 0 Å². The van der Waals surface area contributed by atoms with Crippen LogP contribution in [0.25, 0.3) is 0 Å². The zero-order chi connectivity index (χ0) is 14.3. The number of benzene rings is 1. The maximum absolute atomic E-state index is 12.0. The lowest BCUT2D eigenvalue weighted by molar-refractivity contribution is -0.159. The number of hydrogen-bond donors (Lipinski definition) is 1. The fourth-order valence-electron chi connectivity index (χ4n) is 2.45. The number of rotatable bonds is 7. The van der Waals surface area contributed by atoms with Crippen molar-refractivity contribution >= 4 is 5.97 Å². The monoisotopic (exact) mass is 264 g/mol. The molecule has 19 heavy (non-hydrogen) atoms. The van der Waals surface area contributed by atoms with Crippen LogP contribution < -0.4 is 0 Å². The minimum absolute atomic E-state index is 0.301. The Kier molecular flexibility index (Phi) is 6.03. The van der Waals surface area contributed by atoms with Gasteiger partial charge in [0.1, 0.15) is 0 Å². The molecule has 106 valence electrons. The van der Waals surface area contributed by atoms with Crippen molar-refractivity contribution in [2.24, 2.45) is 5.92 Å². The number of ether oxygens (including phenoxy) is 1.